The molecule has 0 saturated carbocycles. The summed E-state index contributed by atoms with van der Waals surface area (Å²) < 4.78 is 35.1. The third kappa shape index (κ3) is 4.14. The monoisotopic (exact) mass is 433 g/mol. The Balaban J connectivity index is 1.47. The molecule has 0 atom stereocenters. The number of aromatic nitrogens is 4. The van der Waals surface area contributed by atoms with E-state index in [2.05, 4.69) is 19.7 Å². The Morgan fingerprint density at radius 2 is 1.93 bits per heavy atom. The van der Waals surface area contributed by atoms with Crippen LogP contribution in [0, 0.1) is 0 Å². The van der Waals surface area contributed by atoms with E-state index < -0.39 is 10.0 Å². The summed E-state index contributed by atoms with van der Waals surface area (Å²) in [6.45, 7) is 0. The van der Waals surface area contributed by atoms with Gasteiger partial charge < -0.3 is 4.74 Å². The first kappa shape index (κ1) is 18.4. The highest BCUT2D eigenvalue weighted by Gasteiger charge is 2.16. The lowest BCUT2D eigenvalue weighted by molar-refractivity contribution is 0.461. The molecule has 0 amide bonds. The fourth-order valence-electron chi connectivity index (χ4n) is 2.28. The zero-order valence-electron chi connectivity index (χ0n) is 14.1. The van der Waals surface area contributed by atoms with Crippen molar-refractivity contribution in [1.82, 2.24) is 19.5 Å². The zero-order valence-corrected chi connectivity index (χ0v) is 16.4. The fourth-order valence-corrected chi connectivity index (χ4v) is 4.82. The van der Waals surface area contributed by atoms with E-state index >= 15 is 0 Å². The molecule has 1 aromatic carbocycles. The minimum atomic E-state index is -3.68. The minimum Gasteiger partial charge on any atom is -0.439 e. The molecule has 4 rings (SSSR count). The van der Waals surface area contributed by atoms with Crippen LogP contribution in [0.5, 0.6) is 11.6 Å². The number of nitrogens with one attached hydrogen (secondary N) is 1. The second-order valence-corrected chi connectivity index (χ2v) is 9.10. The lowest BCUT2D eigenvalue weighted by Crippen LogP contribution is -2.11. The van der Waals surface area contributed by atoms with Gasteiger partial charge in [0, 0.05) is 24.1 Å². The Morgan fingerprint density at radius 1 is 1.11 bits per heavy atom. The highest BCUT2D eigenvalue weighted by molar-refractivity contribution is 7.94. The molecule has 28 heavy (non-hydrogen) atoms. The molecule has 0 bridgehead atoms. The predicted octanol–water partition coefficient (Wildman–Crippen LogP) is 3.97. The molecule has 142 valence electrons. The van der Waals surface area contributed by atoms with Crippen molar-refractivity contribution in [3.63, 3.8) is 0 Å². The highest BCUT2D eigenvalue weighted by Crippen LogP contribution is 2.28. The van der Waals surface area contributed by atoms with Gasteiger partial charge in [-0.3, -0.25) is 9.29 Å². The van der Waals surface area contributed by atoms with Crippen LogP contribution in [0.2, 0.25) is 4.34 Å². The minimum absolute atomic E-state index is 0.144. The van der Waals surface area contributed by atoms with E-state index in [4.69, 9.17) is 16.3 Å². The van der Waals surface area contributed by atoms with E-state index in [0.717, 1.165) is 11.3 Å². The maximum absolute atomic E-state index is 12.3. The van der Waals surface area contributed by atoms with Crippen LogP contribution >= 0.6 is 22.9 Å². The third-order valence-electron chi connectivity index (χ3n) is 3.54. The van der Waals surface area contributed by atoms with Crippen molar-refractivity contribution in [3.05, 3.63) is 71.8 Å². The molecule has 3 heterocycles. The Kier molecular flexibility index (Phi) is 4.99. The zero-order chi connectivity index (χ0) is 19.6. The van der Waals surface area contributed by atoms with E-state index in [0.29, 0.717) is 27.5 Å². The standard InChI is InChI=1S/C17H12ClN5O3S2/c18-14-5-6-17(27-14)28(24,25)22-12-1-3-13(4-2-12)26-16-9-15(20-10-21-16)23-8-7-19-11-23/h1-11,22H. The van der Waals surface area contributed by atoms with Gasteiger partial charge >= 0.3 is 0 Å². The molecular weight excluding hydrogens is 422 g/mol. The van der Waals surface area contributed by atoms with Gasteiger partial charge in [0.2, 0.25) is 5.88 Å². The van der Waals surface area contributed by atoms with Crippen LogP contribution in [-0.2, 0) is 10.0 Å². The van der Waals surface area contributed by atoms with E-state index in [1.54, 1.807) is 53.6 Å². The lowest BCUT2D eigenvalue weighted by Gasteiger charge is -2.09. The number of hydrogen-bond acceptors (Lipinski definition) is 7. The molecule has 11 heteroatoms. The first-order chi connectivity index (χ1) is 13.5. The summed E-state index contributed by atoms with van der Waals surface area (Å²) in [6.07, 6.45) is 6.41. The molecule has 1 N–H and O–H groups in total. The molecule has 0 aliphatic rings. The third-order valence-corrected chi connectivity index (χ3v) is 6.64. The largest absolute Gasteiger partial charge is 0.439 e. The second kappa shape index (κ2) is 7.58. The SMILES string of the molecule is O=S(=O)(Nc1ccc(Oc2cc(-n3ccnc3)ncn2)cc1)c1ccc(Cl)s1. The first-order valence-corrected chi connectivity index (χ1v) is 10.5. The van der Waals surface area contributed by atoms with Crippen LogP contribution in [-0.4, -0.2) is 27.9 Å². The van der Waals surface area contributed by atoms with Gasteiger partial charge in [0.05, 0.1) is 4.34 Å². The Bertz CT molecular complexity index is 1190. The average molecular weight is 434 g/mol. The molecule has 0 aliphatic heterocycles. The van der Waals surface area contributed by atoms with Gasteiger partial charge in [-0.2, -0.15) is 0 Å². The van der Waals surface area contributed by atoms with Gasteiger partial charge in [-0.1, -0.05) is 11.6 Å². The number of nitrogens with zero attached hydrogens (tertiary/aromatic N) is 4. The average Bonchev–Trinajstić information content (AvgIpc) is 3.35. The van der Waals surface area contributed by atoms with Gasteiger partial charge in [-0.15, -0.1) is 11.3 Å². The molecule has 8 nitrogen and oxygen atoms in total. The number of sulfonamides is 1. The predicted molar refractivity (Wildman–Crippen MR) is 106 cm³/mol. The van der Waals surface area contributed by atoms with E-state index in [1.165, 1.54) is 18.5 Å². The van der Waals surface area contributed by atoms with Gasteiger partial charge in [-0.05, 0) is 36.4 Å². The molecule has 0 unspecified atom stereocenters. The molecule has 0 saturated heterocycles. The Labute approximate surface area is 169 Å². The van der Waals surface area contributed by atoms with Gasteiger partial charge in [0.25, 0.3) is 10.0 Å². The summed E-state index contributed by atoms with van der Waals surface area (Å²) in [5, 5.41) is 0. The molecule has 3 aromatic heterocycles. The van der Waals surface area contributed by atoms with Crippen LogP contribution in [0.4, 0.5) is 5.69 Å². The summed E-state index contributed by atoms with van der Waals surface area (Å²) in [5.74, 6) is 1.46. The molecule has 0 fully saturated rings. The number of ether oxygens (including phenoxy) is 1. The maximum atomic E-state index is 12.3. The number of hydrogen-bond donors (Lipinski definition) is 1. The van der Waals surface area contributed by atoms with Gasteiger partial charge in [-0.25, -0.2) is 23.4 Å². The molecule has 0 radical (unpaired) electrons. The first-order valence-electron chi connectivity index (χ1n) is 7.86. The molecule has 4 aromatic rings. The van der Waals surface area contributed by atoms with Crippen LogP contribution in [0.15, 0.2) is 71.7 Å². The molecule has 0 aliphatic carbocycles. The van der Waals surface area contributed by atoms with Crippen molar-refractivity contribution in [2.75, 3.05) is 4.72 Å². The normalized spacial score (nSPS) is 11.3. The van der Waals surface area contributed by atoms with Crippen molar-refractivity contribution in [1.29, 1.82) is 0 Å². The quantitative estimate of drug-likeness (QED) is 0.494. The summed E-state index contributed by atoms with van der Waals surface area (Å²) in [5.41, 5.74) is 0.402. The Hall–Kier alpha value is -2.95. The summed E-state index contributed by atoms with van der Waals surface area (Å²) in [7, 11) is -3.68. The smallest absolute Gasteiger partial charge is 0.271 e. The van der Waals surface area contributed by atoms with Crippen molar-refractivity contribution in [2.45, 2.75) is 4.21 Å². The van der Waals surface area contributed by atoms with E-state index in [-0.39, 0.29) is 4.21 Å². The highest BCUT2D eigenvalue weighted by atomic mass is 35.5. The topological polar surface area (TPSA) is 99.0 Å². The number of anilines is 1. The van der Waals surface area contributed by atoms with Crippen LogP contribution in [0.1, 0.15) is 0 Å². The van der Waals surface area contributed by atoms with Crippen LogP contribution in [0.3, 0.4) is 0 Å². The summed E-state index contributed by atoms with van der Waals surface area (Å²) in [6, 6.07) is 11.1. The van der Waals surface area contributed by atoms with Crippen LogP contribution in [0.25, 0.3) is 5.82 Å². The lowest BCUT2D eigenvalue weighted by atomic mass is 10.3. The summed E-state index contributed by atoms with van der Waals surface area (Å²) in [4.78, 5) is 12.2. The Morgan fingerprint density at radius 3 is 2.61 bits per heavy atom. The molecule has 0 spiro atoms. The van der Waals surface area contributed by atoms with Crippen molar-refractivity contribution < 1.29 is 13.2 Å². The number of halogens is 1. The maximum Gasteiger partial charge on any atom is 0.271 e. The number of thiophene rings is 1. The van der Waals surface area contributed by atoms with Crippen LogP contribution < -0.4 is 9.46 Å². The summed E-state index contributed by atoms with van der Waals surface area (Å²) >= 11 is 6.79. The molecular formula is C17H12ClN5O3S2. The van der Waals surface area contributed by atoms with Crippen molar-refractivity contribution in [2.24, 2.45) is 0 Å². The number of benzene rings is 1. The number of imidazole rings is 1. The van der Waals surface area contributed by atoms with Gasteiger partial charge in [0.15, 0.2) is 0 Å². The number of rotatable bonds is 6. The van der Waals surface area contributed by atoms with E-state index in [1.807, 2.05) is 0 Å². The van der Waals surface area contributed by atoms with Crippen molar-refractivity contribution >= 4 is 38.6 Å². The second-order valence-electron chi connectivity index (χ2n) is 5.47. The van der Waals surface area contributed by atoms with Gasteiger partial charge in [0.1, 0.15) is 28.4 Å². The van der Waals surface area contributed by atoms with E-state index in [9.17, 15) is 8.42 Å². The fraction of sp³-hybridized carbons (Fsp3) is 0. The van der Waals surface area contributed by atoms with Crippen molar-refractivity contribution in [3.8, 4) is 17.4 Å².